The summed E-state index contributed by atoms with van der Waals surface area (Å²) in [5.74, 6) is 0.222. The van der Waals surface area contributed by atoms with Gasteiger partial charge in [-0.1, -0.05) is 25.1 Å². The Bertz CT molecular complexity index is 247. The normalized spacial score (nSPS) is 12.9. The molecule has 0 bridgehead atoms. The monoisotopic (exact) mass is 167 g/mol. The second kappa shape index (κ2) is 4.21. The molecule has 0 aliphatic heterocycles. The van der Waals surface area contributed by atoms with E-state index in [1.54, 1.807) is 6.07 Å². The Morgan fingerprint density at radius 3 is 2.67 bits per heavy atom. The predicted octanol–water partition coefficient (Wildman–Crippen LogP) is 1.96. The SMILES string of the molecule is CC(CN)Cc1ccccc1F. The highest BCUT2D eigenvalue weighted by atomic mass is 19.1. The van der Waals surface area contributed by atoms with E-state index in [1.807, 2.05) is 19.1 Å². The molecule has 0 radical (unpaired) electrons. The molecule has 1 nitrogen and oxygen atoms in total. The van der Waals surface area contributed by atoms with Crippen molar-refractivity contribution in [1.82, 2.24) is 0 Å². The van der Waals surface area contributed by atoms with Crippen molar-refractivity contribution in [2.24, 2.45) is 11.7 Å². The Morgan fingerprint density at radius 1 is 1.42 bits per heavy atom. The van der Waals surface area contributed by atoms with Crippen molar-refractivity contribution in [3.8, 4) is 0 Å². The highest BCUT2D eigenvalue weighted by molar-refractivity contribution is 5.17. The molecule has 0 fully saturated rings. The van der Waals surface area contributed by atoms with Gasteiger partial charge in [-0.25, -0.2) is 4.39 Å². The first-order valence-electron chi connectivity index (χ1n) is 4.17. The first-order chi connectivity index (χ1) is 5.74. The summed E-state index contributed by atoms with van der Waals surface area (Å²) < 4.78 is 13.0. The van der Waals surface area contributed by atoms with Gasteiger partial charge < -0.3 is 5.73 Å². The average molecular weight is 167 g/mol. The third-order valence-corrected chi connectivity index (χ3v) is 1.93. The average Bonchev–Trinajstić information content (AvgIpc) is 2.09. The van der Waals surface area contributed by atoms with Gasteiger partial charge in [-0.3, -0.25) is 0 Å². The predicted molar refractivity (Wildman–Crippen MR) is 48.3 cm³/mol. The summed E-state index contributed by atoms with van der Waals surface area (Å²) in [6.45, 7) is 2.63. The summed E-state index contributed by atoms with van der Waals surface area (Å²) in [6.07, 6.45) is 0.725. The van der Waals surface area contributed by atoms with Crippen LogP contribution in [0.15, 0.2) is 24.3 Å². The zero-order chi connectivity index (χ0) is 8.97. The van der Waals surface area contributed by atoms with Gasteiger partial charge in [0.1, 0.15) is 5.82 Å². The number of benzene rings is 1. The highest BCUT2D eigenvalue weighted by Crippen LogP contribution is 2.11. The van der Waals surface area contributed by atoms with Crippen molar-refractivity contribution in [1.29, 1.82) is 0 Å². The van der Waals surface area contributed by atoms with Gasteiger partial charge in [0.15, 0.2) is 0 Å². The number of rotatable bonds is 3. The quantitative estimate of drug-likeness (QED) is 0.731. The van der Waals surface area contributed by atoms with Crippen molar-refractivity contribution >= 4 is 0 Å². The van der Waals surface area contributed by atoms with E-state index in [2.05, 4.69) is 0 Å². The molecule has 0 aliphatic rings. The molecule has 1 aromatic carbocycles. The molecule has 0 saturated carbocycles. The number of hydrogen-bond acceptors (Lipinski definition) is 1. The molecule has 0 heterocycles. The molecule has 2 heteroatoms. The van der Waals surface area contributed by atoms with Gasteiger partial charge in [0.05, 0.1) is 0 Å². The molecule has 1 unspecified atom stereocenters. The topological polar surface area (TPSA) is 26.0 Å². The fraction of sp³-hybridized carbons (Fsp3) is 0.400. The smallest absolute Gasteiger partial charge is 0.126 e. The minimum absolute atomic E-state index is 0.127. The highest BCUT2D eigenvalue weighted by Gasteiger charge is 2.04. The first kappa shape index (κ1) is 9.20. The summed E-state index contributed by atoms with van der Waals surface area (Å²) >= 11 is 0. The van der Waals surface area contributed by atoms with E-state index in [-0.39, 0.29) is 5.82 Å². The van der Waals surface area contributed by atoms with Crippen molar-refractivity contribution in [3.05, 3.63) is 35.6 Å². The minimum atomic E-state index is -0.127. The van der Waals surface area contributed by atoms with E-state index in [9.17, 15) is 4.39 Å². The number of halogens is 1. The Hall–Kier alpha value is -0.890. The molecule has 2 N–H and O–H groups in total. The number of hydrogen-bond donors (Lipinski definition) is 1. The zero-order valence-electron chi connectivity index (χ0n) is 7.26. The van der Waals surface area contributed by atoms with Gasteiger partial charge in [0.2, 0.25) is 0 Å². The largest absolute Gasteiger partial charge is 0.330 e. The van der Waals surface area contributed by atoms with E-state index in [0.29, 0.717) is 12.5 Å². The third-order valence-electron chi connectivity index (χ3n) is 1.93. The van der Waals surface area contributed by atoms with Gasteiger partial charge in [-0.15, -0.1) is 0 Å². The zero-order valence-corrected chi connectivity index (χ0v) is 7.26. The van der Waals surface area contributed by atoms with E-state index in [1.165, 1.54) is 6.07 Å². The molecular formula is C10H14FN. The van der Waals surface area contributed by atoms with Crippen LogP contribution < -0.4 is 5.73 Å². The van der Waals surface area contributed by atoms with Crippen molar-refractivity contribution in [3.63, 3.8) is 0 Å². The Kier molecular flexibility index (Phi) is 3.23. The summed E-state index contributed by atoms with van der Waals surface area (Å²) in [4.78, 5) is 0. The van der Waals surface area contributed by atoms with Crippen LogP contribution >= 0.6 is 0 Å². The van der Waals surface area contributed by atoms with Crippen LogP contribution in [-0.2, 0) is 6.42 Å². The lowest BCUT2D eigenvalue weighted by Crippen LogP contribution is -2.13. The van der Waals surface area contributed by atoms with Crippen LogP contribution in [0.1, 0.15) is 12.5 Å². The molecule has 1 rings (SSSR count). The molecule has 1 atom stereocenters. The Morgan fingerprint density at radius 2 is 2.08 bits per heavy atom. The minimum Gasteiger partial charge on any atom is -0.330 e. The maximum Gasteiger partial charge on any atom is 0.126 e. The molecule has 0 amide bonds. The maximum atomic E-state index is 13.0. The summed E-state index contributed by atoms with van der Waals surface area (Å²) in [6, 6.07) is 6.84. The molecule has 0 aliphatic carbocycles. The van der Waals surface area contributed by atoms with Crippen LogP contribution in [0, 0.1) is 11.7 Å². The van der Waals surface area contributed by atoms with E-state index >= 15 is 0 Å². The van der Waals surface area contributed by atoms with E-state index < -0.39 is 0 Å². The van der Waals surface area contributed by atoms with E-state index in [0.717, 1.165) is 12.0 Å². The van der Waals surface area contributed by atoms with Gasteiger partial charge in [0.25, 0.3) is 0 Å². The van der Waals surface area contributed by atoms with Crippen LogP contribution in [0.2, 0.25) is 0 Å². The van der Waals surface area contributed by atoms with Crippen molar-refractivity contribution in [2.75, 3.05) is 6.54 Å². The Balaban J connectivity index is 2.69. The first-order valence-corrected chi connectivity index (χ1v) is 4.17. The van der Waals surface area contributed by atoms with Crippen LogP contribution in [-0.4, -0.2) is 6.54 Å². The number of nitrogens with two attached hydrogens (primary N) is 1. The van der Waals surface area contributed by atoms with Gasteiger partial charge in [-0.2, -0.15) is 0 Å². The van der Waals surface area contributed by atoms with Gasteiger partial charge >= 0.3 is 0 Å². The molecule has 1 aromatic rings. The van der Waals surface area contributed by atoms with Crippen molar-refractivity contribution < 1.29 is 4.39 Å². The molecule has 12 heavy (non-hydrogen) atoms. The molecular weight excluding hydrogens is 153 g/mol. The van der Waals surface area contributed by atoms with E-state index in [4.69, 9.17) is 5.73 Å². The van der Waals surface area contributed by atoms with Crippen molar-refractivity contribution in [2.45, 2.75) is 13.3 Å². The fourth-order valence-corrected chi connectivity index (χ4v) is 1.12. The second-order valence-corrected chi connectivity index (χ2v) is 3.14. The molecule has 0 saturated heterocycles. The summed E-state index contributed by atoms with van der Waals surface area (Å²) in [5.41, 5.74) is 6.21. The standard InChI is InChI=1S/C10H14FN/c1-8(7-12)6-9-4-2-3-5-10(9)11/h2-5,8H,6-7,12H2,1H3. The van der Waals surface area contributed by atoms with Crippen LogP contribution in [0.4, 0.5) is 4.39 Å². The molecule has 0 spiro atoms. The third kappa shape index (κ3) is 2.31. The van der Waals surface area contributed by atoms with Crippen LogP contribution in [0.3, 0.4) is 0 Å². The lowest BCUT2D eigenvalue weighted by Gasteiger charge is -2.08. The molecule has 0 aromatic heterocycles. The molecule has 66 valence electrons. The summed E-state index contributed by atoms with van der Waals surface area (Å²) in [5, 5.41) is 0. The Labute approximate surface area is 72.4 Å². The lowest BCUT2D eigenvalue weighted by molar-refractivity contribution is 0.552. The maximum absolute atomic E-state index is 13.0. The van der Waals surface area contributed by atoms with Crippen LogP contribution in [0.5, 0.6) is 0 Å². The lowest BCUT2D eigenvalue weighted by atomic mass is 10.0. The van der Waals surface area contributed by atoms with Gasteiger partial charge in [-0.05, 0) is 30.5 Å². The van der Waals surface area contributed by atoms with Crippen LogP contribution in [0.25, 0.3) is 0 Å². The fourth-order valence-electron chi connectivity index (χ4n) is 1.12. The second-order valence-electron chi connectivity index (χ2n) is 3.14. The summed E-state index contributed by atoms with van der Waals surface area (Å²) in [7, 11) is 0. The van der Waals surface area contributed by atoms with Gasteiger partial charge in [0, 0.05) is 0 Å².